The van der Waals surface area contributed by atoms with Gasteiger partial charge in [-0.2, -0.15) is 0 Å². The standard InChI is InChI=1S/C16H14ClN3OS/c1-20-14-6-4-3-5-13(14)18-16(20)19-15(21)11-9-10(22-2)7-8-12(11)17/h3-9H,1-2H3,(H,18,19,21). The van der Waals surface area contributed by atoms with Crippen LogP contribution in [0.25, 0.3) is 11.0 Å². The van der Waals surface area contributed by atoms with E-state index in [2.05, 4.69) is 10.3 Å². The van der Waals surface area contributed by atoms with Gasteiger partial charge in [-0.1, -0.05) is 23.7 Å². The number of hydrogen-bond acceptors (Lipinski definition) is 3. The number of anilines is 1. The SMILES string of the molecule is CSc1ccc(Cl)c(C(=O)Nc2nc3ccccc3n2C)c1. The van der Waals surface area contributed by atoms with E-state index in [4.69, 9.17) is 11.6 Å². The minimum Gasteiger partial charge on any atom is -0.313 e. The molecule has 3 aromatic rings. The van der Waals surface area contributed by atoms with Crippen LogP contribution in [-0.4, -0.2) is 21.7 Å². The Morgan fingerprint density at radius 3 is 2.77 bits per heavy atom. The number of aryl methyl sites for hydroxylation is 1. The molecule has 0 fully saturated rings. The Hall–Kier alpha value is -1.98. The van der Waals surface area contributed by atoms with Crippen molar-refractivity contribution in [2.24, 2.45) is 7.05 Å². The van der Waals surface area contributed by atoms with Crippen LogP contribution in [0, 0.1) is 0 Å². The van der Waals surface area contributed by atoms with Crippen molar-refractivity contribution >= 4 is 46.3 Å². The van der Waals surface area contributed by atoms with Gasteiger partial charge < -0.3 is 4.57 Å². The van der Waals surface area contributed by atoms with E-state index in [0.717, 1.165) is 15.9 Å². The van der Waals surface area contributed by atoms with Gasteiger partial charge in [0.05, 0.1) is 21.6 Å². The van der Waals surface area contributed by atoms with Gasteiger partial charge in [0.15, 0.2) is 0 Å². The summed E-state index contributed by atoms with van der Waals surface area (Å²) in [6, 6.07) is 13.1. The number of halogens is 1. The zero-order chi connectivity index (χ0) is 15.7. The third-order valence-corrected chi connectivity index (χ3v) is 4.49. The predicted molar refractivity (Wildman–Crippen MR) is 91.9 cm³/mol. The Morgan fingerprint density at radius 1 is 1.27 bits per heavy atom. The number of thioether (sulfide) groups is 1. The van der Waals surface area contributed by atoms with Gasteiger partial charge in [0.2, 0.25) is 5.95 Å². The Kier molecular flexibility index (Phi) is 4.09. The second kappa shape index (κ2) is 6.02. The van der Waals surface area contributed by atoms with Gasteiger partial charge in [-0.25, -0.2) is 4.98 Å². The summed E-state index contributed by atoms with van der Waals surface area (Å²) in [6.07, 6.45) is 1.95. The molecule has 0 aliphatic heterocycles. The van der Waals surface area contributed by atoms with E-state index in [0.29, 0.717) is 16.5 Å². The average Bonchev–Trinajstić information content (AvgIpc) is 2.84. The lowest BCUT2D eigenvalue weighted by atomic mass is 10.2. The van der Waals surface area contributed by atoms with Crippen molar-refractivity contribution in [3.05, 3.63) is 53.1 Å². The van der Waals surface area contributed by atoms with Gasteiger partial charge >= 0.3 is 0 Å². The number of nitrogens with one attached hydrogen (secondary N) is 1. The normalized spacial score (nSPS) is 10.9. The molecule has 0 spiro atoms. The van der Waals surface area contributed by atoms with Crippen LogP contribution < -0.4 is 5.32 Å². The summed E-state index contributed by atoms with van der Waals surface area (Å²) in [5.74, 6) is 0.233. The highest BCUT2D eigenvalue weighted by molar-refractivity contribution is 7.98. The molecule has 22 heavy (non-hydrogen) atoms. The lowest BCUT2D eigenvalue weighted by Gasteiger charge is -2.08. The molecule has 112 valence electrons. The van der Waals surface area contributed by atoms with Crippen molar-refractivity contribution in [3.63, 3.8) is 0 Å². The van der Waals surface area contributed by atoms with Crippen LogP contribution in [0.3, 0.4) is 0 Å². The van der Waals surface area contributed by atoms with E-state index >= 15 is 0 Å². The molecule has 0 saturated heterocycles. The number of imidazole rings is 1. The molecule has 4 nitrogen and oxygen atoms in total. The van der Waals surface area contributed by atoms with Gasteiger partial charge in [-0.15, -0.1) is 11.8 Å². The Morgan fingerprint density at radius 2 is 2.05 bits per heavy atom. The van der Waals surface area contributed by atoms with Crippen LogP contribution in [0.2, 0.25) is 5.02 Å². The molecule has 0 radical (unpaired) electrons. The van der Waals surface area contributed by atoms with Crippen LogP contribution in [0.1, 0.15) is 10.4 Å². The second-order valence-corrected chi connectivity index (χ2v) is 6.07. The number of amides is 1. The second-order valence-electron chi connectivity index (χ2n) is 4.78. The maximum atomic E-state index is 12.5. The first-order chi connectivity index (χ1) is 10.6. The molecule has 0 unspecified atom stereocenters. The van der Waals surface area contributed by atoms with Crippen molar-refractivity contribution in [3.8, 4) is 0 Å². The molecular weight excluding hydrogens is 318 g/mol. The van der Waals surface area contributed by atoms with Crippen molar-refractivity contribution in [1.29, 1.82) is 0 Å². The first-order valence-corrected chi connectivity index (χ1v) is 8.27. The molecule has 1 heterocycles. The first kappa shape index (κ1) is 14.9. The number of hydrogen-bond donors (Lipinski definition) is 1. The van der Waals surface area contributed by atoms with E-state index in [9.17, 15) is 4.79 Å². The number of nitrogens with zero attached hydrogens (tertiary/aromatic N) is 2. The smallest absolute Gasteiger partial charge is 0.259 e. The van der Waals surface area contributed by atoms with Crippen LogP contribution in [0.5, 0.6) is 0 Å². The zero-order valence-corrected chi connectivity index (χ0v) is 13.7. The molecule has 2 aromatic carbocycles. The maximum absolute atomic E-state index is 12.5. The fraction of sp³-hybridized carbons (Fsp3) is 0.125. The highest BCUT2D eigenvalue weighted by atomic mass is 35.5. The minimum atomic E-state index is -0.265. The van der Waals surface area contributed by atoms with Crippen molar-refractivity contribution in [1.82, 2.24) is 9.55 Å². The van der Waals surface area contributed by atoms with Crippen LogP contribution >= 0.6 is 23.4 Å². The molecule has 1 aromatic heterocycles. The molecular formula is C16H14ClN3OS. The third kappa shape index (κ3) is 2.69. The molecule has 3 rings (SSSR count). The Bertz CT molecular complexity index is 860. The topological polar surface area (TPSA) is 46.9 Å². The first-order valence-electron chi connectivity index (χ1n) is 6.66. The monoisotopic (exact) mass is 331 g/mol. The van der Waals surface area contributed by atoms with Gasteiger partial charge in [-0.05, 0) is 36.6 Å². The largest absolute Gasteiger partial charge is 0.313 e. The van der Waals surface area contributed by atoms with Gasteiger partial charge in [0, 0.05) is 11.9 Å². The molecule has 1 amide bonds. The fourth-order valence-electron chi connectivity index (χ4n) is 2.23. The van der Waals surface area contributed by atoms with Gasteiger partial charge in [0.25, 0.3) is 5.91 Å². The van der Waals surface area contributed by atoms with E-state index in [-0.39, 0.29) is 5.91 Å². The van der Waals surface area contributed by atoms with E-state index in [1.165, 1.54) is 0 Å². The highest BCUT2D eigenvalue weighted by Crippen LogP contribution is 2.24. The number of para-hydroxylation sites is 2. The summed E-state index contributed by atoms with van der Waals surface area (Å²) in [5.41, 5.74) is 2.24. The summed E-state index contributed by atoms with van der Waals surface area (Å²) in [5, 5.41) is 3.25. The fourth-order valence-corrected chi connectivity index (χ4v) is 2.87. The summed E-state index contributed by atoms with van der Waals surface area (Å²) >= 11 is 7.70. The number of carbonyl (C=O) groups excluding carboxylic acids is 1. The van der Waals surface area contributed by atoms with Crippen LogP contribution in [-0.2, 0) is 7.05 Å². The number of carbonyl (C=O) groups is 1. The minimum absolute atomic E-state index is 0.265. The lowest BCUT2D eigenvalue weighted by Crippen LogP contribution is -2.15. The Labute approximate surface area is 137 Å². The summed E-state index contributed by atoms with van der Waals surface area (Å²) in [4.78, 5) is 17.9. The number of benzene rings is 2. The average molecular weight is 332 g/mol. The molecule has 0 atom stereocenters. The molecule has 0 aliphatic rings. The quantitative estimate of drug-likeness (QED) is 0.732. The summed E-state index contributed by atoms with van der Waals surface area (Å²) < 4.78 is 1.85. The van der Waals surface area contributed by atoms with E-state index < -0.39 is 0 Å². The van der Waals surface area contributed by atoms with Gasteiger partial charge in [0.1, 0.15) is 0 Å². The van der Waals surface area contributed by atoms with E-state index in [1.54, 1.807) is 23.9 Å². The number of aromatic nitrogens is 2. The van der Waals surface area contributed by atoms with Crippen molar-refractivity contribution in [2.75, 3.05) is 11.6 Å². The van der Waals surface area contributed by atoms with E-state index in [1.807, 2.05) is 48.2 Å². The Balaban J connectivity index is 1.95. The molecule has 0 aliphatic carbocycles. The van der Waals surface area contributed by atoms with Gasteiger partial charge in [-0.3, -0.25) is 10.1 Å². The maximum Gasteiger partial charge on any atom is 0.259 e. The molecule has 0 bridgehead atoms. The van der Waals surface area contributed by atoms with Crippen LogP contribution in [0.4, 0.5) is 5.95 Å². The molecule has 6 heteroatoms. The molecule has 0 saturated carbocycles. The number of rotatable bonds is 3. The van der Waals surface area contributed by atoms with Crippen molar-refractivity contribution in [2.45, 2.75) is 4.90 Å². The van der Waals surface area contributed by atoms with Crippen molar-refractivity contribution < 1.29 is 4.79 Å². The highest BCUT2D eigenvalue weighted by Gasteiger charge is 2.15. The predicted octanol–water partition coefficient (Wildman–Crippen LogP) is 4.20. The molecule has 1 N–H and O–H groups in total. The number of fused-ring (bicyclic) bond motifs is 1. The summed E-state index contributed by atoms with van der Waals surface area (Å²) in [6.45, 7) is 0. The zero-order valence-electron chi connectivity index (χ0n) is 12.1. The third-order valence-electron chi connectivity index (χ3n) is 3.43. The van der Waals surface area contributed by atoms with Crippen LogP contribution in [0.15, 0.2) is 47.4 Å². The lowest BCUT2D eigenvalue weighted by molar-refractivity contribution is 0.102. The summed E-state index contributed by atoms with van der Waals surface area (Å²) in [7, 11) is 1.87.